The van der Waals surface area contributed by atoms with Crippen molar-refractivity contribution >= 4 is 10.9 Å². The van der Waals surface area contributed by atoms with Gasteiger partial charge in [-0.25, -0.2) is 0 Å². The Bertz CT molecular complexity index is 513. The molecule has 1 aromatic heterocycles. The van der Waals surface area contributed by atoms with Gasteiger partial charge in [0.1, 0.15) is 0 Å². The highest BCUT2D eigenvalue weighted by molar-refractivity contribution is 5.78. The minimum atomic E-state index is 0.698. The minimum absolute atomic E-state index is 0.698. The van der Waals surface area contributed by atoms with Crippen LogP contribution in [-0.2, 0) is 0 Å². The largest absolute Gasteiger partial charge is 0.306 e. The molecular formula is C15H18N2. The molecule has 88 valence electrons. The Morgan fingerprint density at radius 2 is 1.94 bits per heavy atom. The van der Waals surface area contributed by atoms with Crippen LogP contribution < -0.4 is 0 Å². The van der Waals surface area contributed by atoms with E-state index in [4.69, 9.17) is 0 Å². The standard InChI is InChI=1S/C15H18N2/c1-17-8-6-12(7-9-17)14-10-13-4-2-3-5-15(13)16-11-14/h2-5,10-12H,6-9H2,1H3. The SMILES string of the molecule is CN1CCC(c2cnc3ccccc3c2)CC1. The Kier molecular flexibility index (Phi) is 2.81. The first-order chi connectivity index (χ1) is 8.33. The predicted molar refractivity (Wildman–Crippen MR) is 71.2 cm³/mol. The number of hydrogen-bond acceptors (Lipinski definition) is 2. The predicted octanol–water partition coefficient (Wildman–Crippen LogP) is 3.04. The second kappa shape index (κ2) is 4.46. The molecule has 0 radical (unpaired) electrons. The van der Waals surface area contributed by atoms with Gasteiger partial charge in [0.05, 0.1) is 5.52 Å². The van der Waals surface area contributed by atoms with Gasteiger partial charge in [-0.3, -0.25) is 4.98 Å². The highest BCUT2D eigenvalue weighted by Gasteiger charge is 2.18. The van der Waals surface area contributed by atoms with Gasteiger partial charge in [0.2, 0.25) is 0 Å². The highest BCUT2D eigenvalue weighted by atomic mass is 15.1. The third-order valence-corrected chi connectivity index (χ3v) is 3.80. The van der Waals surface area contributed by atoms with Crippen LogP contribution >= 0.6 is 0 Å². The quantitative estimate of drug-likeness (QED) is 0.743. The number of piperidine rings is 1. The van der Waals surface area contributed by atoms with Crippen LogP contribution in [-0.4, -0.2) is 30.0 Å². The maximum absolute atomic E-state index is 4.56. The molecule has 17 heavy (non-hydrogen) atoms. The van der Waals surface area contributed by atoms with E-state index in [-0.39, 0.29) is 0 Å². The van der Waals surface area contributed by atoms with Crippen molar-refractivity contribution in [2.24, 2.45) is 0 Å². The number of aromatic nitrogens is 1. The molecular weight excluding hydrogens is 208 g/mol. The number of likely N-dealkylation sites (tertiary alicyclic amines) is 1. The summed E-state index contributed by atoms with van der Waals surface area (Å²) in [5.74, 6) is 0.698. The molecule has 1 fully saturated rings. The van der Waals surface area contributed by atoms with Crippen LogP contribution in [0.15, 0.2) is 36.5 Å². The van der Waals surface area contributed by atoms with Crippen LogP contribution in [0, 0.1) is 0 Å². The molecule has 3 rings (SSSR count). The molecule has 0 aliphatic carbocycles. The maximum Gasteiger partial charge on any atom is 0.0702 e. The molecule has 2 heteroatoms. The van der Waals surface area contributed by atoms with Crippen LogP contribution in [0.3, 0.4) is 0 Å². The van der Waals surface area contributed by atoms with Crippen molar-refractivity contribution in [1.29, 1.82) is 0 Å². The Morgan fingerprint density at radius 1 is 1.18 bits per heavy atom. The maximum atomic E-state index is 4.56. The number of pyridine rings is 1. The Morgan fingerprint density at radius 3 is 2.76 bits per heavy atom. The number of rotatable bonds is 1. The van der Waals surface area contributed by atoms with Gasteiger partial charge in [0.25, 0.3) is 0 Å². The van der Waals surface area contributed by atoms with Crippen molar-refractivity contribution < 1.29 is 0 Å². The zero-order valence-electron chi connectivity index (χ0n) is 10.3. The van der Waals surface area contributed by atoms with Gasteiger partial charge in [-0.15, -0.1) is 0 Å². The van der Waals surface area contributed by atoms with Crippen LogP contribution in [0.4, 0.5) is 0 Å². The van der Waals surface area contributed by atoms with E-state index in [0.29, 0.717) is 5.92 Å². The highest BCUT2D eigenvalue weighted by Crippen LogP contribution is 2.28. The lowest BCUT2D eigenvalue weighted by atomic mass is 9.90. The van der Waals surface area contributed by atoms with E-state index in [2.05, 4.69) is 47.4 Å². The molecule has 0 amide bonds. The van der Waals surface area contributed by atoms with Crippen molar-refractivity contribution in [1.82, 2.24) is 9.88 Å². The Hall–Kier alpha value is -1.41. The lowest BCUT2D eigenvalue weighted by molar-refractivity contribution is 0.255. The fraction of sp³-hybridized carbons (Fsp3) is 0.400. The molecule has 2 heterocycles. The van der Waals surface area contributed by atoms with E-state index in [1.54, 1.807) is 0 Å². The smallest absolute Gasteiger partial charge is 0.0702 e. The first kappa shape index (κ1) is 10.7. The van der Waals surface area contributed by atoms with Crippen LogP contribution in [0.25, 0.3) is 10.9 Å². The zero-order chi connectivity index (χ0) is 11.7. The van der Waals surface area contributed by atoms with Gasteiger partial charge >= 0.3 is 0 Å². The molecule has 0 N–H and O–H groups in total. The Labute approximate surface area is 102 Å². The van der Waals surface area contributed by atoms with Gasteiger partial charge in [0.15, 0.2) is 0 Å². The van der Waals surface area contributed by atoms with E-state index in [1.165, 1.54) is 36.9 Å². The summed E-state index contributed by atoms with van der Waals surface area (Å²) in [4.78, 5) is 6.97. The van der Waals surface area contributed by atoms with Crippen LogP contribution in [0.5, 0.6) is 0 Å². The lowest BCUT2D eigenvalue weighted by Crippen LogP contribution is -2.29. The molecule has 0 spiro atoms. The Balaban J connectivity index is 1.90. The first-order valence-corrected chi connectivity index (χ1v) is 6.36. The van der Waals surface area contributed by atoms with Crippen molar-refractivity contribution in [3.05, 3.63) is 42.1 Å². The normalized spacial score (nSPS) is 18.6. The van der Waals surface area contributed by atoms with E-state index in [1.807, 2.05) is 6.07 Å². The summed E-state index contributed by atoms with van der Waals surface area (Å²) >= 11 is 0. The van der Waals surface area contributed by atoms with Gasteiger partial charge in [-0.05, 0) is 56.6 Å². The molecule has 2 nitrogen and oxygen atoms in total. The van der Waals surface area contributed by atoms with Gasteiger partial charge in [-0.1, -0.05) is 18.2 Å². The average molecular weight is 226 g/mol. The van der Waals surface area contributed by atoms with Gasteiger partial charge < -0.3 is 4.90 Å². The van der Waals surface area contributed by atoms with Crippen molar-refractivity contribution in [2.45, 2.75) is 18.8 Å². The van der Waals surface area contributed by atoms with Crippen LogP contribution in [0.2, 0.25) is 0 Å². The molecule has 0 unspecified atom stereocenters. The summed E-state index contributed by atoms with van der Waals surface area (Å²) in [6.07, 6.45) is 4.59. The lowest BCUT2D eigenvalue weighted by Gasteiger charge is -2.29. The van der Waals surface area contributed by atoms with E-state index in [9.17, 15) is 0 Å². The van der Waals surface area contributed by atoms with Crippen LogP contribution in [0.1, 0.15) is 24.3 Å². The third kappa shape index (κ3) is 2.18. The number of nitrogens with zero attached hydrogens (tertiary/aromatic N) is 2. The third-order valence-electron chi connectivity index (χ3n) is 3.80. The number of benzene rings is 1. The van der Waals surface area contributed by atoms with Crippen molar-refractivity contribution in [3.63, 3.8) is 0 Å². The fourth-order valence-electron chi connectivity index (χ4n) is 2.65. The summed E-state index contributed by atoms with van der Waals surface area (Å²) in [5, 5.41) is 1.27. The number of para-hydroxylation sites is 1. The number of fused-ring (bicyclic) bond motifs is 1. The zero-order valence-corrected chi connectivity index (χ0v) is 10.3. The summed E-state index contributed by atoms with van der Waals surface area (Å²) in [5.41, 5.74) is 2.51. The second-order valence-corrected chi connectivity index (χ2v) is 5.04. The van der Waals surface area contributed by atoms with Gasteiger partial charge in [0, 0.05) is 11.6 Å². The topological polar surface area (TPSA) is 16.1 Å². The summed E-state index contributed by atoms with van der Waals surface area (Å²) < 4.78 is 0. The van der Waals surface area contributed by atoms with Crippen molar-refractivity contribution in [3.8, 4) is 0 Å². The number of hydrogen-bond donors (Lipinski definition) is 0. The molecule has 0 bridgehead atoms. The van der Waals surface area contributed by atoms with Gasteiger partial charge in [-0.2, -0.15) is 0 Å². The molecule has 1 aliphatic heterocycles. The van der Waals surface area contributed by atoms with Crippen molar-refractivity contribution in [2.75, 3.05) is 20.1 Å². The second-order valence-electron chi connectivity index (χ2n) is 5.04. The minimum Gasteiger partial charge on any atom is -0.306 e. The molecule has 0 atom stereocenters. The molecule has 1 aromatic carbocycles. The average Bonchev–Trinajstić information content (AvgIpc) is 2.39. The summed E-state index contributed by atoms with van der Waals surface area (Å²) in [6.45, 7) is 2.41. The first-order valence-electron chi connectivity index (χ1n) is 6.36. The summed E-state index contributed by atoms with van der Waals surface area (Å²) in [7, 11) is 2.20. The van der Waals surface area contributed by atoms with E-state index < -0.39 is 0 Å². The van der Waals surface area contributed by atoms with E-state index >= 15 is 0 Å². The molecule has 0 saturated carbocycles. The molecule has 1 saturated heterocycles. The molecule has 2 aromatic rings. The molecule has 1 aliphatic rings. The summed E-state index contributed by atoms with van der Waals surface area (Å²) in [6, 6.07) is 10.7. The van der Waals surface area contributed by atoms with E-state index in [0.717, 1.165) is 5.52 Å². The fourth-order valence-corrected chi connectivity index (χ4v) is 2.65. The monoisotopic (exact) mass is 226 g/mol.